The van der Waals surface area contributed by atoms with E-state index >= 15 is 0 Å². The summed E-state index contributed by atoms with van der Waals surface area (Å²) < 4.78 is 0. The molecule has 0 aromatic rings. The molecule has 3 rings (SSSR count). The van der Waals surface area contributed by atoms with Crippen molar-refractivity contribution in [2.24, 2.45) is 23.7 Å². The van der Waals surface area contributed by atoms with Crippen LogP contribution in [0.4, 0.5) is 0 Å². The Labute approximate surface area is 96.6 Å². The number of fused-ring (bicyclic) bond motifs is 1. The van der Waals surface area contributed by atoms with Gasteiger partial charge in [-0.15, -0.1) is 0 Å². The molecule has 3 aliphatic rings. The van der Waals surface area contributed by atoms with Gasteiger partial charge >= 0.3 is 0 Å². The molecule has 3 heteroatoms. The fourth-order valence-corrected chi connectivity index (χ4v) is 3.67. The molecule has 3 saturated carbocycles. The highest BCUT2D eigenvalue weighted by molar-refractivity contribution is 5.79. The first-order valence-corrected chi connectivity index (χ1v) is 6.69. The number of hydrogen-bond acceptors (Lipinski definition) is 2. The van der Waals surface area contributed by atoms with Crippen LogP contribution in [-0.4, -0.2) is 23.7 Å². The molecule has 4 atom stereocenters. The van der Waals surface area contributed by atoms with E-state index in [0.717, 1.165) is 43.9 Å². The van der Waals surface area contributed by atoms with E-state index in [9.17, 15) is 9.90 Å². The predicted molar refractivity (Wildman–Crippen MR) is 60.7 cm³/mol. The maximum atomic E-state index is 12.0. The van der Waals surface area contributed by atoms with Gasteiger partial charge in [-0.25, -0.2) is 0 Å². The maximum absolute atomic E-state index is 12.0. The summed E-state index contributed by atoms with van der Waals surface area (Å²) in [4.78, 5) is 12.0. The zero-order valence-electron chi connectivity index (χ0n) is 9.69. The molecule has 0 saturated heterocycles. The largest absolute Gasteiger partial charge is 0.396 e. The number of carbonyl (C=O) groups excluding carboxylic acids is 1. The summed E-state index contributed by atoms with van der Waals surface area (Å²) in [5.74, 6) is 2.59. The summed E-state index contributed by atoms with van der Waals surface area (Å²) in [6.45, 7) is 0.223. The number of rotatable bonds is 3. The molecule has 16 heavy (non-hydrogen) atoms. The second-order valence-electron chi connectivity index (χ2n) is 5.91. The van der Waals surface area contributed by atoms with Crippen molar-refractivity contribution < 1.29 is 9.90 Å². The molecule has 3 fully saturated rings. The number of aliphatic hydroxyl groups is 1. The van der Waals surface area contributed by atoms with E-state index in [0.29, 0.717) is 5.92 Å². The third kappa shape index (κ3) is 1.86. The molecule has 4 unspecified atom stereocenters. The van der Waals surface area contributed by atoms with Crippen LogP contribution in [0.3, 0.4) is 0 Å². The minimum atomic E-state index is 0.223. The number of aliphatic hydroxyl groups excluding tert-OH is 1. The highest BCUT2D eigenvalue weighted by Crippen LogP contribution is 2.54. The lowest BCUT2D eigenvalue weighted by atomic mass is 10.00. The summed E-state index contributed by atoms with van der Waals surface area (Å²) >= 11 is 0. The molecule has 0 aromatic carbocycles. The smallest absolute Gasteiger partial charge is 0.223 e. The zero-order chi connectivity index (χ0) is 11.1. The second-order valence-corrected chi connectivity index (χ2v) is 5.91. The van der Waals surface area contributed by atoms with E-state index < -0.39 is 0 Å². The van der Waals surface area contributed by atoms with Crippen molar-refractivity contribution in [3.63, 3.8) is 0 Å². The van der Waals surface area contributed by atoms with Crippen LogP contribution in [0, 0.1) is 23.7 Å². The molecule has 0 radical (unpaired) electrons. The minimum Gasteiger partial charge on any atom is -0.396 e. The minimum absolute atomic E-state index is 0.223. The topological polar surface area (TPSA) is 49.3 Å². The highest BCUT2D eigenvalue weighted by atomic mass is 16.3. The van der Waals surface area contributed by atoms with Crippen LogP contribution in [0.2, 0.25) is 0 Å². The van der Waals surface area contributed by atoms with Crippen molar-refractivity contribution >= 4 is 5.91 Å². The van der Waals surface area contributed by atoms with Crippen LogP contribution in [-0.2, 0) is 4.79 Å². The highest BCUT2D eigenvalue weighted by Gasteiger charge is 2.48. The predicted octanol–water partition coefficient (Wildman–Crippen LogP) is 1.31. The molecular formula is C13H21NO2. The van der Waals surface area contributed by atoms with Gasteiger partial charge in [0.15, 0.2) is 0 Å². The number of carbonyl (C=O) groups is 1. The van der Waals surface area contributed by atoms with Crippen molar-refractivity contribution in [3.05, 3.63) is 0 Å². The molecule has 0 aromatic heterocycles. The van der Waals surface area contributed by atoms with Gasteiger partial charge in [-0.1, -0.05) is 6.42 Å². The molecule has 0 bridgehead atoms. The quantitative estimate of drug-likeness (QED) is 0.758. The monoisotopic (exact) mass is 223 g/mol. The normalized spacial score (nSPS) is 45.4. The number of amides is 1. The molecule has 2 N–H and O–H groups in total. The van der Waals surface area contributed by atoms with E-state index in [4.69, 9.17) is 0 Å². The third-order valence-electron chi connectivity index (χ3n) is 4.84. The van der Waals surface area contributed by atoms with Gasteiger partial charge < -0.3 is 10.4 Å². The van der Waals surface area contributed by atoms with Gasteiger partial charge in [-0.2, -0.15) is 0 Å². The lowest BCUT2D eigenvalue weighted by molar-refractivity contribution is -0.126. The van der Waals surface area contributed by atoms with Crippen LogP contribution >= 0.6 is 0 Å². The Balaban J connectivity index is 1.52. The summed E-state index contributed by atoms with van der Waals surface area (Å²) in [6, 6.07) is 0.245. The van der Waals surface area contributed by atoms with Gasteiger partial charge in [0.25, 0.3) is 0 Å². The van der Waals surface area contributed by atoms with Gasteiger partial charge in [0, 0.05) is 24.5 Å². The van der Waals surface area contributed by atoms with E-state index in [1.807, 2.05) is 0 Å². The Morgan fingerprint density at radius 2 is 1.94 bits per heavy atom. The molecule has 3 aliphatic carbocycles. The molecule has 0 heterocycles. The molecule has 90 valence electrons. The lowest BCUT2D eigenvalue weighted by Crippen LogP contribution is -2.41. The van der Waals surface area contributed by atoms with E-state index in [-0.39, 0.29) is 24.5 Å². The molecular weight excluding hydrogens is 202 g/mol. The SMILES string of the molecule is O=C(NC1CCCC1CO)C1CC2CC2C1. The first kappa shape index (κ1) is 10.6. The Bertz CT molecular complexity index is 282. The Morgan fingerprint density at radius 1 is 1.19 bits per heavy atom. The standard InChI is InChI=1S/C13H21NO2/c15-7-8-2-1-3-12(8)14-13(16)11-5-9-4-10(9)6-11/h8-12,15H,1-7H2,(H,14,16). The van der Waals surface area contributed by atoms with E-state index in [2.05, 4.69) is 5.32 Å². The van der Waals surface area contributed by atoms with Crippen molar-refractivity contribution in [1.29, 1.82) is 0 Å². The average Bonchev–Trinajstić information content (AvgIpc) is 2.75. The number of nitrogens with one attached hydrogen (secondary N) is 1. The van der Waals surface area contributed by atoms with E-state index in [1.165, 1.54) is 6.42 Å². The van der Waals surface area contributed by atoms with Gasteiger partial charge in [0.05, 0.1) is 0 Å². The van der Waals surface area contributed by atoms with Gasteiger partial charge in [-0.05, 0) is 43.9 Å². The van der Waals surface area contributed by atoms with Gasteiger partial charge in [0.2, 0.25) is 5.91 Å². The summed E-state index contributed by atoms with van der Waals surface area (Å²) in [6.07, 6.45) is 6.87. The van der Waals surface area contributed by atoms with Gasteiger partial charge in [0.1, 0.15) is 0 Å². The summed E-state index contributed by atoms with van der Waals surface area (Å²) in [7, 11) is 0. The van der Waals surface area contributed by atoms with Crippen LogP contribution in [0.15, 0.2) is 0 Å². The van der Waals surface area contributed by atoms with Crippen molar-refractivity contribution in [1.82, 2.24) is 5.32 Å². The van der Waals surface area contributed by atoms with Crippen LogP contribution in [0.5, 0.6) is 0 Å². The van der Waals surface area contributed by atoms with Crippen molar-refractivity contribution in [2.45, 2.75) is 44.6 Å². The molecule has 3 nitrogen and oxygen atoms in total. The first-order valence-electron chi connectivity index (χ1n) is 6.69. The Morgan fingerprint density at radius 3 is 2.62 bits per heavy atom. The van der Waals surface area contributed by atoms with Crippen molar-refractivity contribution in [2.75, 3.05) is 6.61 Å². The fourth-order valence-electron chi connectivity index (χ4n) is 3.67. The molecule has 0 aliphatic heterocycles. The van der Waals surface area contributed by atoms with Crippen LogP contribution in [0.1, 0.15) is 38.5 Å². The molecule has 1 amide bonds. The summed E-state index contributed by atoms with van der Waals surface area (Å²) in [5, 5.41) is 12.4. The van der Waals surface area contributed by atoms with Crippen LogP contribution in [0.25, 0.3) is 0 Å². The summed E-state index contributed by atoms with van der Waals surface area (Å²) in [5.41, 5.74) is 0. The Kier molecular flexibility index (Phi) is 2.66. The molecule has 0 spiro atoms. The maximum Gasteiger partial charge on any atom is 0.223 e. The van der Waals surface area contributed by atoms with Gasteiger partial charge in [-0.3, -0.25) is 4.79 Å². The third-order valence-corrected chi connectivity index (χ3v) is 4.84. The van der Waals surface area contributed by atoms with E-state index in [1.54, 1.807) is 0 Å². The number of hydrogen-bond donors (Lipinski definition) is 2. The fraction of sp³-hybridized carbons (Fsp3) is 0.923. The Hall–Kier alpha value is -0.570. The second kappa shape index (κ2) is 4.02. The van der Waals surface area contributed by atoms with Crippen molar-refractivity contribution in [3.8, 4) is 0 Å². The van der Waals surface area contributed by atoms with Crippen LogP contribution < -0.4 is 5.32 Å². The average molecular weight is 223 g/mol. The lowest BCUT2D eigenvalue weighted by Gasteiger charge is -2.21. The first-order chi connectivity index (χ1) is 7.78. The zero-order valence-corrected chi connectivity index (χ0v) is 9.69.